The maximum Gasteiger partial charge on any atom is 0.336 e. The molecule has 0 radical (unpaired) electrons. The van der Waals surface area contributed by atoms with Crippen LogP contribution in [0.15, 0.2) is 62.6 Å². The molecule has 0 aliphatic heterocycles. The van der Waals surface area contributed by atoms with Gasteiger partial charge in [0.2, 0.25) is 10.0 Å². The van der Waals surface area contributed by atoms with Crippen LogP contribution >= 0.6 is 0 Å². The molecule has 2 atom stereocenters. The molecule has 0 saturated carbocycles. The lowest BCUT2D eigenvalue weighted by molar-refractivity contribution is -0.137. The molecule has 1 N–H and O–H groups in total. The van der Waals surface area contributed by atoms with E-state index in [4.69, 9.17) is 9.15 Å². The molecule has 3 rings (SSSR count). The third-order valence-corrected chi connectivity index (χ3v) is 7.08. The molecule has 7 nitrogen and oxygen atoms in total. The Morgan fingerprint density at radius 2 is 1.79 bits per heavy atom. The maximum atomic E-state index is 13.0. The molecule has 176 valence electrons. The van der Waals surface area contributed by atoms with Crippen LogP contribution in [-0.2, 0) is 21.2 Å². The van der Waals surface area contributed by atoms with Crippen molar-refractivity contribution in [2.24, 2.45) is 5.92 Å². The van der Waals surface area contributed by atoms with Crippen molar-refractivity contribution in [3.05, 3.63) is 70.1 Å². The summed E-state index contributed by atoms with van der Waals surface area (Å²) in [7, 11) is -3.93. The van der Waals surface area contributed by atoms with Gasteiger partial charge in [0.25, 0.3) is 0 Å². The van der Waals surface area contributed by atoms with Crippen LogP contribution in [0, 0.1) is 12.8 Å². The lowest BCUT2D eigenvalue weighted by Crippen LogP contribution is -2.46. The van der Waals surface area contributed by atoms with Crippen molar-refractivity contribution in [3.8, 4) is 5.75 Å². The highest BCUT2D eigenvalue weighted by atomic mass is 32.2. The SMILES string of the molecule is CCCc1cc(=O)oc2cc(OC(=O)[C@H](NS(=O)(=O)c3ccc(C)cc3)[C@@H](C)CC)ccc12. The highest BCUT2D eigenvalue weighted by Crippen LogP contribution is 2.25. The van der Waals surface area contributed by atoms with E-state index in [0.717, 1.165) is 29.4 Å². The maximum absolute atomic E-state index is 13.0. The summed E-state index contributed by atoms with van der Waals surface area (Å²) >= 11 is 0. The second-order valence-electron chi connectivity index (χ2n) is 8.22. The van der Waals surface area contributed by atoms with E-state index in [-0.39, 0.29) is 16.6 Å². The van der Waals surface area contributed by atoms with Crippen molar-refractivity contribution < 1.29 is 22.4 Å². The number of rotatable bonds is 9. The number of esters is 1. The number of aryl methyl sites for hydroxylation is 2. The van der Waals surface area contributed by atoms with Crippen LogP contribution in [0.3, 0.4) is 0 Å². The van der Waals surface area contributed by atoms with Gasteiger partial charge in [-0.2, -0.15) is 4.72 Å². The zero-order valence-corrected chi connectivity index (χ0v) is 20.1. The molecule has 0 aliphatic carbocycles. The molecule has 8 heteroatoms. The molecule has 0 aliphatic rings. The van der Waals surface area contributed by atoms with Gasteiger partial charge in [-0.3, -0.25) is 0 Å². The summed E-state index contributed by atoms with van der Waals surface area (Å²) in [5.41, 5.74) is 1.64. The van der Waals surface area contributed by atoms with E-state index in [2.05, 4.69) is 4.72 Å². The van der Waals surface area contributed by atoms with E-state index in [1.54, 1.807) is 31.2 Å². The van der Waals surface area contributed by atoms with Crippen molar-refractivity contribution in [3.63, 3.8) is 0 Å². The average molecular weight is 472 g/mol. The summed E-state index contributed by atoms with van der Waals surface area (Å²) < 4.78 is 39.1. The first kappa shape index (κ1) is 24.7. The van der Waals surface area contributed by atoms with E-state index < -0.39 is 27.7 Å². The Kier molecular flexibility index (Phi) is 7.71. The minimum absolute atomic E-state index is 0.0742. The minimum atomic E-state index is -3.93. The Balaban J connectivity index is 1.88. The molecule has 0 bridgehead atoms. The number of carbonyl (C=O) groups excluding carboxylic acids is 1. The summed E-state index contributed by atoms with van der Waals surface area (Å²) in [5, 5.41) is 0.773. The van der Waals surface area contributed by atoms with Crippen molar-refractivity contribution in [2.75, 3.05) is 0 Å². The molecule has 0 spiro atoms. The largest absolute Gasteiger partial charge is 0.425 e. The topological polar surface area (TPSA) is 103 Å². The fourth-order valence-corrected chi connectivity index (χ4v) is 4.81. The number of carbonyl (C=O) groups is 1. The Labute approximate surface area is 193 Å². The van der Waals surface area contributed by atoms with Crippen LogP contribution in [0.2, 0.25) is 0 Å². The summed E-state index contributed by atoms with van der Waals surface area (Å²) in [6.45, 7) is 7.52. The van der Waals surface area contributed by atoms with Crippen molar-refractivity contribution in [1.82, 2.24) is 4.72 Å². The quantitative estimate of drug-likeness (QED) is 0.283. The molecule has 33 heavy (non-hydrogen) atoms. The van der Waals surface area contributed by atoms with E-state index >= 15 is 0 Å². The molecule has 0 unspecified atom stereocenters. The third kappa shape index (κ3) is 5.89. The molecule has 3 aromatic rings. The van der Waals surface area contributed by atoms with Gasteiger partial charge in [-0.15, -0.1) is 0 Å². The number of ether oxygens (including phenoxy) is 1. The summed E-state index contributed by atoms with van der Waals surface area (Å²) in [4.78, 5) is 25.0. The highest BCUT2D eigenvalue weighted by molar-refractivity contribution is 7.89. The first-order chi connectivity index (χ1) is 15.6. The Morgan fingerprint density at radius 3 is 2.42 bits per heavy atom. The van der Waals surface area contributed by atoms with Gasteiger partial charge in [0, 0.05) is 17.5 Å². The van der Waals surface area contributed by atoms with E-state index in [1.165, 1.54) is 24.3 Å². The van der Waals surface area contributed by atoms with Gasteiger partial charge in [-0.1, -0.05) is 51.3 Å². The Morgan fingerprint density at radius 1 is 1.09 bits per heavy atom. The second-order valence-corrected chi connectivity index (χ2v) is 9.93. The zero-order chi connectivity index (χ0) is 24.2. The predicted octanol–water partition coefficient (Wildman–Crippen LogP) is 4.35. The Hall–Kier alpha value is -2.97. The monoisotopic (exact) mass is 471 g/mol. The molecular weight excluding hydrogens is 442 g/mol. The van der Waals surface area contributed by atoms with E-state index in [0.29, 0.717) is 12.0 Å². The minimum Gasteiger partial charge on any atom is -0.425 e. The number of benzene rings is 2. The lowest BCUT2D eigenvalue weighted by Gasteiger charge is -2.22. The summed E-state index contributed by atoms with van der Waals surface area (Å²) in [6.07, 6.45) is 2.15. The lowest BCUT2D eigenvalue weighted by atomic mass is 10.0. The van der Waals surface area contributed by atoms with Crippen LogP contribution in [-0.4, -0.2) is 20.4 Å². The predicted molar refractivity (Wildman–Crippen MR) is 127 cm³/mol. The zero-order valence-electron chi connectivity index (χ0n) is 19.3. The fourth-order valence-electron chi connectivity index (χ4n) is 3.51. The first-order valence-corrected chi connectivity index (χ1v) is 12.5. The number of hydrogen-bond donors (Lipinski definition) is 1. The van der Waals surface area contributed by atoms with Crippen molar-refractivity contribution >= 4 is 27.0 Å². The van der Waals surface area contributed by atoms with E-state index in [1.807, 2.05) is 20.8 Å². The van der Waals surface area contributed by atoms with Crippen LogP contribution in [0.1, 0.15) is 44.7 Å². The molecular formula is C25H29NO6S. The average Bonchev–Trinajstić information content (AvgIpc) is 2.77. The highest BCUT2D eigenvalue weighted by Gasteiger charge is 2.31. The van der Waals surface area contributed by atoms with E-state index in [9.17, 15) is 18.0 Å². The van der Waals surface area contributed by atoms with Crippen molar-refractivity contribution in [2.45, 2.75) is 57.9 Å². The van der Waals surface area contributed by atoms with Crippen molar-refractivity contribution in [1.29, 1.82) is 0 Å². The summed E-state index contributed by atoms with van der Waals surface area (Å²) in [6, 6.07) is 11.6. The third-order valence-electron chi connectivity index (χ3n) is 5.62. The van der Waals surface area contributed by atoms with Crippen LogP contribution < -0.4 is 15.1 Å². The van der Waals surface area contributed by atoms with Crippen LogP contribution in [0.4, 0.5) is 0 Å². The van der Waals surface area contributed by atoms with Gasteiger partial charge < -0.3 is 9.15 Å². The molecule has 1 heterocycles. The standard InChI is InChI=1S/C25H29NO6S/c1-5-7-18-14-23(27)32-22-15-19(10-13-21(18)22)31-25(28)24(17(4)6-2)26-33(29,30)20-11-8-16(3)9-12-20/h8-15,17,24,26H,5-7H2,1-4H3/t17-,24+/m0/s1. The molecule has 0 fully saturated rings. The number of fused-ring (bicyclic) bond motifs is 1. The number of sulfonamides is 1. The normalized spacial score (nSPS) is 13.6. The smallest absolute Gasteiger partial charge is 0.336 e. The molecule has 0 saturated heterocycles. The van der Waals surface area contributed by atoms with Crippen LogP contribution in [0.5, 0.6) is 5.75 Å². The van der Waals surface area contributed by atoms with Crippen LogP contribution in [0.25, 0.3) is 11.0 Å². The van der Waals surface area contributed by atoms with Gasteiger partial charge >= 0.3 is 11.6 Å². The molecule has 2 aromatic carbocycles. The summed E-state index contributed by atoms with van der Waals surface area (Å²) in [5.74, 6) is -0.870. The van der Waals surface area contributed by atoms with Gasteiger partial charge in [0.1, 0.15) is 17.4 Å². The van der Waals surface area contributed by atoms with Gasteiger partial charge in [0.05, 0.1) is 4.90 Å². The Bertz CT molecular complexity index is 1290. The van der Waals surface area contributed by atoms with Gasteiger partial charge in [0.15, 0.2) is 0 Å². The fraction of sp³-hybridized carbons (Fsp3) is 0.360. The second kappa shape index (κ2) is 10.3. The number of nitrogens with one attached hydrogen (secondary N) is 1. The van der Waals surface area contributed by atoms with Gasteiger partial charge in [-0.05, 0) is 49.1 Å². The van der Waals surface area contributed by atoms with Gasteiger partial charge in [-0.25, -0.2) is 18.0 Å². The molecule has 1 aromatic heterocycles. The molecule has 0 amide bonds. The number of hydrogen-bond acceptors (Lipinski definition) is 6. The first-order valence-electron chi connectivity index (χ1n) is 11.0.